The minimum atomic E-state index is -0.106. The maximum atomic E-state index is 12.2. The molecule has 2 amide bonds. The quantitative estimate of drug-likeness (QED) is 0.739. The third kappa shape index (κ3) is 4.90. The lowest BCUT2D eigenvalue weighted by molar-refractivity contribution is 0.206. The Morgan fingerprint density at radius 1 is 1.36 bits per heavy atom. The fraction of sp³-hybridized carbons (Fsp3) is 0.278. The average molecular weight is 355 g/mol. The molecule has 0 fully saturated rings. The van der Waals surface area contributed by atoms with Crippen LogP contribution in [0.25, 0.3) is 0 Å². The molecule has 0 aliphatic heterocycles. The number of nitrogens with zero attached hydrogens (tertiary/aromatic N) is 4. The van der Waals surface area contributed by atoms with E-state index in [9.17, 15) is 4.79 Å². The summed E-state index contributed by atoms with van der Waals surface area (Å²) in [5, 5.41) is 5.95. The molecule has 25 heavy (non-hydrogen) atoms. The van der Waals surface area contributed by atoms with Gasteiger partial charge in [0.25, 0.3) is 0 Å². The lowest BCUT2D eigenvalue weighted by Gasteiger charge is -2.17. The van der Waals surface area contributed by atoms with E-state index in [2.05, 4.69) is 27.4 Å². The van der Waals surface area contributed by atoms with Crippen molar-refractivity contribution in [3.63, 3.8) is 0 Å². The van der Waals surface area contributed by atoms with E-state index in [-0.39, 0.29) is 6.03 Å². The van der Waals surface area contributed by atoms with Crippen LogP contribution < -0.4 is 5.32 Å². The van der Waals surface area contributed by atoms with Gasteiger partial charge in [0.15, 0.2) is 0 Å². The third-order valence-corrected chi connectivity index (χ3v) is 4.59. The Morgan fingerprint density at radius 2 is 2.20 bits per heavy atom. The van der Waals surface area contributed by atoms with Crippen molar-refractivity contribution in [1.82, 2.24) is 24.8 Å². The molecule has 0 spiro atoms. The van der Waals surface area contributed by atoms with Crippen LogP contribution in [0.2, 0.25) is 0 Å². The number of carbonyl (C=O) groups is 1. The monoisotopic (exact) mass is 355 g/mol. The molecular weight excluding hydrogens is 334 g/mol. The van der Waals surface area contributed by atoms with Gasteiger partial charge in [-0.15, -0.1) is 11.3 Å². The maximum Gasteiger partial charge on any atom is 0.317 e. The molecule has 0 aliphatic carbocycles. The molecule has 1 aromatic carbocycles. The van der Waals surface area contributed by atoms with Gasteiger partial charge in [-0.2, -0.15) is 0 Å². The fourth-order valence-electron chi connectivity index (χ4n) is 2.54. The van der Waals surface area contributed by atoms with E-state index in [1.165, 1.54) is 5.56 Å². The number of carbonyl (C=O) groups excluding carboxylic acids is 1. The van der Waals surface area contributed by atoms with Crippen molar-refractivity contribution in [2.75, 3.05) is 7.05 Å². The topological polar surface area (TPSA) is 63.1 Å². The largest absolute Gasteiger partial charge is 0.334 e. The smallest absolute Gasteiger partial charge is 0.317 e. The Balaban J connectivity index is 1.53. The molecule has 2 heterocycles. The lowest BCUT2D eigenvalue weighted by atomic mass is 10.1. The second-order valence-corrected chi connectivity index (χ2v) is 6.99. The number of hydrogen-bond donors (Lipinski definition) is 1. The molecule has 3 aromatic rings. The minimum absolute atomic E-state index is 0.106. The summed E-state index contributed by atoms with van der Waals surface area (Å²) in [6.45, 7) is 3.74. The maximum absolute atomic E-state index is 12.2. The van der Waals surface area contributed by atoms with Crippen LogP contribution in [-0.2, 0) is 19.6 Å². The van der Waals surface area contributed by atoms with Gasteiger partial charge < -0.3 is 14.8 Å². The molecule has 0 saturated heterocycles. The van der Waals surface area contributed by atoms with Gasteiger partial charge in [0, 0.05) is 37.9 Å². The molecule has 0 aliphatic rings. The minimum Gasteiger partial charge on any atom is -0.334 e. The number of rotatable bonds is 6. The van der Waals surface area contributed by atoms with Crippen molar-refractivity contribution < 1.29 is 4.79 Å². The molecule has 0 bridgehead atoms. The van der Waals surface area contributed by atoms with Gasteiger partial charge >= 0.3 is 6.03 Å². The zero-order chi connectivity index (χ0) is 17.6. The molecule has 0 saturated carbocycles. The zero-order valence-corrected chi connectivity index (χ0v) is 15.2. The summed E-state index contributed by atoms with van der Waals surface area (Å²) in [6, 6.07) is 8.09. The molecule has 0 unspecified atom stereocenters. The molecular formula is C18H21N5OS. The Kier molecular flexibility index (Phi) is 5.45. The summed E-state index contributed by atoms with van der Waals surface area (Å²) >= 11 is 1.60. The van der Waals surface area contributed by atoms with Gasteiger partial charge in [-0.1, -0.05) is 24.3 Å². The van der Waals surface area contributed by atoms with Gasteiger partial charge in [-0.25, -0.2) is 14.8 Å². The van der Waals surface area contributed by atoms with E-state index in [1.54, 1.807) is 35.8 Å². The summed E-state index contributed by atoms with van der Waals surface area (Å²) < 4.78 is 2.02. The van der Waals surface area contributed by atoms with Crippen LogP contribution in [0.1, 0.15) is 21.8 Å². The first-order valence-electron chi connectivity index (χ1n) is 8.03. The fourth-order valence-corrected chi connectivity index (χ4v) is 3.14. The number of aryl methyl sites for hydroxylation is 1. The number of benzene rings is 1. The van der Waals surface area contributed by atoms with Crippen LogP contribution in [0.3, 0.4) is 0 Å². The SMILES string of the molecule is Cc1nc(CN(C)C(=O)NCc2cccc(Cn3ccnc3)c2)cs1. The number of thiazole rings is 1. The molecule has 6 nitrogen and oxygen atoms in total. The van der Waals surface area contributed by atoms with Gasteiger partial charge in [-0.05, 0) is 18.1 Å². The van der Waals surface area contributed by atoms with Crippen molar-refractivity contribution in [3.8, 4) is 0 Å². The number of hydrogen-bond acceptors (Lipinski definition) is 4. The Morgan fingerprint density at radius 3 is 2.92 bits per heavy atom. The first-order chi connectivity index (χ1) is 12.1. The van der Waals surface area contributed by atoms with E-state index in [0.717, 1.165) is 22.8 Å². The highest BCUT2D eigenvalue weighted by Gasteiger charge is 2.10. The van der Waals surface area contributed by atoms with Crippen LogP contribution in [0.5, 0.6) is 0 Å². The van der Waals surface area contributed by atoms with Gasteiger partial charge in [-0.3, -0.25) is 0 Å². The summed E-state index contributed by atoms with van der Waals surface area (Å²) in [4.78, 5) is 22.3. The first-order valence-corrected chi connectivity index (χ1v) is 8.91. The van der Waals surface area contributed by atoms with Gasteiger partial charge in [0.1, 0.15) is 0 Å². The summed E-state index contributed by atoms with van der Waals surface area (Å²) in [6.07, 6.45) is 5.50. The van der Waals surface area contributed by atoms with Gasteiger partial charge in [0.05, 0.1) is 23.6 Å². The number of amides is 2. The second kappa shape index (κ2) is 7.94. The molecule has 0 atom stereocenters. The van der Waals surface area contributed by atoms with Crippen molar-refractivity contribution in [2.24, 2.45) is 0 Å². The predicted molar refractivity (Wildman–Crippen MR) is 98.3 cm³/mol. The van der Waals surface area contributed by atoms with E-state index in [0.29, 0.717) is 13.1 Å². The van der Waals surface area contributed by atoms with Crippen LogP contribution in [-0.4, -0.2) is 32.5 Å². The lowest BCUT2D eigenvalue weighted by Crippen LogP contribution is -2.36. The van der Waals surface area contributed by atoms with E-state index >= 15 is 0 Å². The van der Waals surface area contributed by atoms with Crippen LogP contribution in [0.4, 0.5) is 4.79 Å². The molecule has 2 aromatic heterocycles. The molecule has 7 heteroatoms. The average Bonchev–Trinajstić information content (AvgIpc) is 3.25. The number of nitrogens with one attached hydrogen (secondary N) is 1. The first kappa shape index (κ1) is 17.2. The summed E-state index contributed by atoms with van der Waals surface area (Å²) in [5.74, 6) is 0. The molecule has 3 rings (SSSR count). The number of aromatic nitrogens is 3. The standard InChI is InChI=1S/C18H21N5OS/c1-14-21-17(12-25-14)11-22(2)18(24)20-9-15-4-3-5-16(8-15)10-23-7-6-19-13-23/h3-8,12-13H,9-11H2,1-2H3,(H,20,24). The molecule has 0 radical (unpaired) electrons. The molecule has 1 N–H and O–H groups in total. The van der Waals surface area contributed by atoms with Crippen LogP contribution in [0, 0.1) is 6.92 Å². The van der Waals surface area contributed by atoms with E-state index in [1.807, 2.05) is 35.2 Å². The normalized spacial score (nSPS) is 10.6. The predicted octanol–water partition coefficient (Wildman–Crippen LogP) is 3.04. The molecule has 130 valence electrons. The van der Waals surface area contributed by atoms with Crippen LogP contribution in [0.15, 0.2) is 48.4 Å². The summed E-state index contributed by atoms with van der Waals surface area (Å²) in [7, 11) is 1.78. The highest BCUT2D eigenvalue weighted by molar-refractivity contribution is 7.09. The third-order valence-electron chi connectivity index (χ3n) is 3.77. The van der Waals surface area contributed by atoms with Crippen molar-refractivity contribution >= 4 is 17.4 Å². The van der Waals surface area contributed by atoms with Crippen molar-refractivity contribution in [3.05, 3.63) is 70.2 Å². The number of urea groups is 1. The van der Waals surface area contributed by atoms with E-state index < -0.39 is 0 Å². The zero-order valence-electron chi connectivity index (χ0n) is 14.3. The number of imidazole rings is 1. The Bertz CT molecular complexity index is 828. The highest BCUT2D eigenvalue weighted by Crippen LogP contribution is 2.10. The Labute approximate surface area is 151 Å². The van der Waals surface area contributed by atoms with Crippen molar-refractivity contribution in [1.29, 1.82) is 0 Å². The van der Waals surface area contributed by atoms with Gasteiger partial charge in [0.2, 0.25) is 0 Å². The van der Waals surface area contributed by atoms with E-state index in [4.69, 9.17) is 0 Å². The van der Waals surface area contributed by atoms with Crippen LogP contribution >= 0.6 is 11.3 Å². The van der Waals surface area contributed by atoms with Crippen molar-refractivity contribution in [2.45, 2.75) is 26.6 Å². The Hall–Kier alpha value is -2.67. The second-order valence-electron chi connectivity index (χ2n) is 5.93. The summed E-state index contributed by atoms with van der Waals surface area (Å²) in [5.41, 5.74) is 3.17. The highest BCUT2D eigenvalue weighted by atomic mass is 32.1.